The smallest absolute Gasteiger partial charge is 0.236 e. The number of hydrogen-bond donors (Lipinski definition) is 1. The summed E-state index contributed by atoms with van der Waals surface area (Å²) in [4.78, 5) is 28.7. The quantitative estimate of drug-likeness (QED) is 0.279. The molecule has 0 saturated carbocycles. The molecule has 29 heavy (non-hydrogen) atoms. The van der Waals surface area contributed by atoms with Crippen LogP contribution in [0.5, 0.6) is 0 Å². The maximum Gasteiger partial charge on any atom is 0.236 e. The van der Waals surface area contributed by atoms with Crippen LogP contribution in [0.2, 0.25) is 0 Å². The molecule has 10 heteroatoms. The number of hydrogen-bond acceptors (Lipinski definition) is 6. The van der Waals surface area contributed by atoms with Crippen molar-refractivity contribution in [3.8, 4) is 0 Å². The van der Waals surface area contributed by atoms with E-state index in [4.69, 9.17) is 4.74 Å². The molecule has 0 aromatic heterocycles. The van der Waals surface area contributed by atoms with Crippen LogP contribution in [0.3, 0.4) is 0 Å². The van der Waals surface area contributed by atoms with Gasteiger partial charge in [-0.2, -0.15) is 0 Å². The summed E-state index contributed by atoms with van der Waals surface area (Å²) in [5.41, 5.74) is 0. The Morgan fingerprint density at radius 2 is 1.66 bits per heavy atom. The van der Waals surface area contributed by atoms with E-state index in [1.165, 1.54) is 32.7 Å². The minimum atomic E-state index is 0. The topological polar surface area (TPSA) is 66.9 Å². The highest BCUT2D eigenvalue weighted by molar-refractivity contribution is 14.0. The van der Waals surface area contributed by atoms with Gasteiger partial charge in [-0.3, -0.25) is 24.5 Å². The predicted octanol–water partition coefficient (Wildman–Crippen LogP) is -1.34. The van der Waals surface area contributed by atoms with Crippen LogP contribution < -0.4 is 5.32 Å². The average Bonchev–Trinajstić information content (AvgIpc) is 2.76. The van der Waals surface area contributed by atoms with Gasteiger partial charge < -0.3 is 19.9 Å². The van der Waals surface area contributed by atoms with Crippen LogP contribution in [-0.2, 0) is 9.53 Å². The van der Waals surface area contributed by atoms with E-state index in [9.17, 15) is 4.79 Å². The van der Waals surface area contributed by atoms with Crippen molar-refractivity contribution in [3.05, 3.63) is 0 Å². The van der Waals surface area contributed by atoms with Gasteiger partial charge in [0, 0.05) is 91.6 Å². The number of piperazine rings is 4. The monoisotopic (exact) mass is 521 g/mol. The number of fused-ring (bicyclic) bond motifs is 3. The summed E-state index contributed by atoms with van der Waals surface area (Å²) < 4.78 is 5.34. The number of nitrogens with one attached hydrogen (secondary N) is 1. The van der Waals surface area contributed by atoms with E-state index < -0.39 is 0 Å². The molecule has 0 spiro atoms. The first-order valence-electron chi connectivity index (χ1n) is 10.7. The zero-order chi connectivity index (χ0) is 19.3. The lowest BCUT2D eigenvalue weighted by molar-refractivity contribution is -0.136. The highest BCUT2D eigenvalue weighted by atomic mass is 127. The highest BCUT2D eigenvalue weighted by Crippen LogP contribution is 2.15. The Morgan fingerprint density at radius 3 is 2.24 bits per heavy atom. The summed E-state index contributed by atoms with van der Waals surface area (Å²) in [5.74, 6) is 1.23. The third-order valence-electron chi connectivity index (χ3n) is 6.49. The molecule has 0 aromatic rings. The fourth-order valence-corrected chi connectivity index (χ4v) is 4.68. The molecule has 5 fully saturated rings. The standard InChI is InChI=1S/C19H35N7O2.HI/c1-20-19(21-14-17-15-22-2-6-24(17)7-3-22)26-8-4-23(5-9-26)16-18(27)25-10-12-28-13-11-25;/h17H,2-16H2,1H3,(H,20,21);1H. The number of morpholine rings is 1. The fraction of sp³-hybridized carbons (Fsp3) is 0.895. The molecule has 1 atom stereocenters. The second-order valence-corrected chi connectivity index (χ2v) is 8.17. The second kappa shape index (κ2) is 11.1. The SMILES string of the molecule is CN=C(NCC1CN2CCN1CC2)N1CCN(CC(=O)N2CCOCC2)CC1.I. The molecule has 5 aliphatic heterocycles. The van der Waals surface area contributed by atoms with E-state index in [-0.39, 0.29) is 29.9 Å². The molecule has 1 N–H and O–H groups in total. The normalized spacial score (nSPS) is 30.8. The number of carbonyl (C=O) groups excluding carboxylic acids is 1. The van der Waals surface area contributed by atoms with Crippen molar-refractivity contribution in [2.75, 3.05) is 105 Å². The maximum absolute atomic E-state index is 12.4. The molecule has 166 valence electrons. The molecule has 9 nitrogen and oxygen atoms in total. The molecule has 0 aromatic carbocycles. The number of amides is 1. The van der Waals surface area contributed by atoms with Crippen molar-refractivity contribution in [2.24, 2.45) is 4.99 Å². The summed E-state index contributed by atoms with van der Waals surface area (Å²) >= 11 is 0. The maximum atomic E-state index is 12.4. The van der Waals surface area contributed by atoms with Crippen molar-refractivity contribution in [1.82, 2.24) is 29.8 Å². The minimum absolute atomic E-state index is 0. The molecule has 5 saturated heterocycles. The number of guanidine groups is 1. The molecule has 5 rings (SSSR count). The molecule has 5 heterocycles. The van der Waals surface area contributed by atoms with Crippen LogP contribution >= 0.6 is 24.0 Å². The van der Waals surface area contributed by atoms with E-state index >= 15 is 0 Å². The van der Waals surface area contributed by atoms with E-state index in [0.29, 0.717) is 25.8 Å². The average molecular weight is 521 g/mol. The van der Waals surface area contributed by atoms with E-state index in [2.05, 4.69) is 29.9 Å². The van der Waals surface area contributed by atoms with Gasteiger partial charge in [0.15, 0.2) is 5.96 Å². The van der Waals surface area contributed by atoms with Crippen molar-refractivity contribution in [3.63, 3.8) is 0 Å². The van der Waals surface area contributed by atoms with Crippen molar-refractivity contribution >= 4 is 35.8 Å². The van der Waals surface area contributed by atoms with Crippen LogP contribution in [-0.4, -0.2) is 148 Å². The summed E-state index contributed by atoms with van der Waals surface area (Å²) in [5, 5.41) is 3.60. The Hall–Kier alpha value is -0.690. The van der Waals surface area contributed by atoms with Gasteiger partial charge in [-0.25, -0.2) is 0 Å². The summed E-state index contributed by atoms with van der Waals surface area (Å²) in [6.45, 7) is 13.9. The summed E-state index contributed by atoms with van der Waals surface area (Å²) in [6, 6.07) is 0.590. The molecule has 0 radical (unpaired) electrons. The number of halogens is 1. The Kier molecular flexibility index (Phi) is 8.78. The Labute approximate surface area is 191 Å². The molecular weight excluding hydrogens is 485 g/mol. The van der Waals surface area contributed by atoms with Crippen molar-refractivity contribution < 1.29 is 9.53 Å². The molecule has 2 bridgehead atoms. The van der Waals surface area contributed by atoms with E-state index in [1.54, 1.807) is 0 Å². The van der Waals surface area contributed by atoms with E-state index in [0.717, 1.165) is 51.8 Å². The molecule has 0 aliphatic carbocycles. The third kappa shape index (κ3) is 5.93. The highest BCUT2D eigenvalue weighted by Gasteiger charge is 2.32. The van der Waals surface area contributed by atoms with Gasteiger partial charge in [-0.05, 0) is 0 Å². The van der Waals surface area contributed by atoms with Crippen LogP contribution in [0.4, 0.5) is 0 Å². The van der Waals surface area contributed by atoms with E-state index in [1.807, 2.05) is 11.9 Å². The van der Waals surface area contributed by atoms with Gasteiger partial charge in [-0.15, -0.1) is 24.0 Å². The lowest BCUT2D eigenvalue weighted by Crippen LogP contribution is -2.64. The Bertz CT molecular complexity index is 557. The first-order valence-corrected chi connectivity index (χ1v) is 10.7. The van der Waals surface area contributed by atoms with Crippen LogP contribution in [0, 0.1) is 0 Å². The molecule has 1 amide bonds. The lowest BCUT2D eigenvalue weighted by Gasteiger charge is -2.47. The minimum Gasteiger partial charge on any atom is -0.378 e. The zero-order valence-electron chi connectivity index (χ0n) is 17.6. The largest absolute Gasteiger partial charge is 0.378 e. The van der Waals surface area contributed by atoms with Crippen LogP contribution in [0.25, 0.3) is 0 Å². The zero-order valence-corrected chi connectivity index (χ0v) is 19.9. The number of carbonyl (C=O) groups is 1. The third-order valence-corrected chi connectivity index (χ3v) is 6.49. The van der Waals surface area contributed by atoms with Crippen molar-refractivity contribution in [2.45, 2.75) is 6.04 Å². The number of ether oxygens (including phenoxy) is 1. The van der Waals surface area contributed by atoms with Gasteiger partial charge in [0.2, 0.25) is 5.91 Å². The molecular formula is C19H36IN7O2. The van der Waals surface area contributed by atoms with Gasteiger partial charge in [0.05, 0.1) is 19.8 Å². The molecule has 1 unspecified atom stereocenters. The first kappa shape index (κ1) is 23.0. The predicted molar refractivity (Wildman–Crippen MR) is 124 cm³/mol. The van der Waals surface area contributed by atoms with Gasteiger partial charge in [0.1, 0.15) is 0 Å². The Balaban J connectivity index is 0.00000240. The van der Waals surface area contributed by atoms with Crippen LogP contribution in [0.1, 0.15) is 0 Å². The Morgan fingerprint density at radius 1 is 0.966 bits per heavy atom. The first-order chi connectivity index (χ1) is 13.7. The summed E-state index contributed by atoms with van der Waals surface area (Å²) in [7, 11) is 1.87. The second-order valence-electron chi connectivity index (χ2n) is 8.17. The number of rotatable bonds is 4. The van der Waals surface area contributed by atoms with Gasteiger partial charge in [-0.1, -0.05) is 0 Å². The lowest BCUT2D eigenvalue weighted by atomic mass is 10.1. The van der Waals surface area contributed by atoms with Crippen LogP contribution in [0.15, 0.2) is 4.99 Å². The fourth-order valence-electron chi connectivity index (χ4n) is 4.68. The number of aliphatic imine (C=N–C) groups is 1. The van der Waals surface area contributed by atoms with Gasteiger partial charge >= 0.3 is 0 Å². The molecule has 5 aliphatic rings. The van der Waals surface area contributed by atoms with Gasteiger partial charge in [0.25, 0.3) is 0 Å². The summed E-state index contributed by atoms with van der Waals surface area (Å²) in [6.07, 6.45) is 0. The number of nitrogens with zero attached hydrogens (tertiary/aromatic N) is 6. The van der Waals surface area contributed by atoms with Crippen molar-refractivity contribution in [1.29, 1.82) is 0 Å².